The number of imidazole rings is 1. The van der Waals surface area contributed by atoms with Crippen molar-refractivity contribution >= 4 is 33.7 Å². The van der Waals surface area contributed by atoms with Crippen molar-refractivity contribution in [2.24, 2.45) is 13.0 Å². The Kier molecular flexibility index (Phi) is 7.61. The first kappa shape index (κ1) is 26.0. The minimum absolute atomic E-state index is 0.0645. The average Bonchev–Trinajstić information content (AvgIpc) is 3.43. The first-order valence-electron chi connectivity index (χ1n) is 12.6. The van der Waals surface area contributed by atoms with Crippen molar-refractivity contribution in [3.05, 3.63) is 78.2 Å². The minimum atomic E-state index is -0.0645. The van der Waals surface area contributed by atoms with Crippen LogP contribution in [0, 0.1) is 5.92 Å². The molecule has 0 aliphatic rings. The van der Waals surface area contributed by atoms with E-state index < -0.39 is 0 Å². The van der Waals surface area contributed by atoms with E-state index in [0.717, 1.165) is 57.7 Å². The third-order valence-corrected chi connectivity index (χ3v) is 6.67. The van der Waals surface area contributed by atoms with Gasteiger partial charge in [0.05, 0.1) is 23.8 Å². The van der Waals surface area contributed by atoms with E-state index in [4.69, 9.17) is 9.97 Å². The summed E-state index contributed by atoms with van der Waals surface area (Å²) >= 11 is 0. The van der Waals surface area contributed by atoms with Gasteiger partial charge in [0.25, 0.3) is 0 Å². The number of fused-ring (bicyclic) bond motifs is 1. The van der Waals surface area contributed by atoms with Crippen LogP contribution in [0.2, 0.25) is 0 Å². The topological polar surface area (TPSA) is 61.4 Å². The summed E-state index contributed by atoms with van der Waals surface area (Å²) in [5, 5.41) is 5.48. The molecule has 4 aromatic rings. The molecule has 0 radical (unpaired) electrons. The lowest BCUT2D eigenvalue weighted by atomic mass is 9.85. The second-order valence-corrected chi connectivity index (χ2v) is 11.8. The summed E-state index contributed by atoms with van der Waals surface area (Å²) in [6, 6.07) is 8.53. The van der Waals surface area contributed by atoms with Gasteiger partial charge in [0.2, 0.25) is 0 Å². The third-order valence-electron chi connectivity index (χ3n) is 6.38. The summed E-state index contributed by atoms with van der Waals surface area (Å²) in [4.78, 5) is 14.5. The summed E-state index contributed by atoms with van der Waals surface area (Å²) in [6.45, 7) is 13.6. The molecule has 36 heavy (non-hydrogen) atoms. The Morgan fingerprint density at radius 2 is 1.92 bits per heavy atom. The molecule has 0 N–H and O–H groups in total. The molecule has 2 unspecified atom stereocenters. The van der Waals surface area contributed by atoms with E-state index in [1.165, 1.54) is 0 Å². The van der Waals surface area contributed by atoms with Gasteiger partial charge < -0.3 is 4.57 Å². The lowest BCUT2D eigenvalue weighted by molar-refractivity contribution is 0.703. The van der Waals surface area contributed by atoms with Crippen molar-refractivity contribution in [1.82, 2.24) is 29.3 Å². The van der Waals surface area contributed by atoms with E-state index in [1.54, 1.807) is 0 Å². The smallest absolute Gasteiger partial charge is 0.162 e. The Morgan fingerprint density at radius 1 is 1.19 bits per heavy atom. The number of hydrogen-bond acceptors (Lipinski definition) is 4. The zero-order valence-electron chi connectivity index (χ0n) is 22.3. The molecule has 0 aliphatic heterocycles. The molecule has 0 saturated heterocycles. The fraction of sp³-hybridized carbons (Fsp3) is 0.357. The van der Waals surface area contributed by atoms with Gasteiger partial charge in [0.15, 0.2) is 11.5 Å². The van der Waals surface area contributed by atoms with Crippen LogP contribution in [0.3, 0.4) is 0 Å². The summed E-state index contributed by atoms with van der Waals surface area (Å²) in [5.41, 5.74) is 6.23. The highest BCUT2D eigenvalue weighted by atomic mass is 31.0. The fourth-order valence-electron chi connectivity index (χ4n) is 4.05. The first-order valence-corrected chi connectivity index (χ1v) is 13.2. The van der Waals surface area contributed by atoms with Crippen molar-refractivity contribution in [3.63, 3.8) is 0 Å². The number of hydrogen-bond donors (Lipinski definition) is 0. The van der Waals surface area contributed by atoms with E-state index in [1.807, 2.05) is 24.1 Å². The van der Waals surface area contributed by atoms with Gasteiger partial charge in [-0.3, -0.25) is 0 Å². The number of aryl methyl sites for hydroxylation is 1. The van der Waals surface area contributed by atoms with Crippen molar-refractivity contribution in [1.29, 1.82) is 0 Å². The predicted molar refractivity (Wildman–Crippen MR) is 156 cm³/mol. The molecule has 6 nitrogen and oxygen atoms in total. The van der Waals surface area contributed by atoms with Crippen LogP contribution < -0.4 is 0 Å². The monoisotopic (exact) mass is 498 g/mol. The second kappa shape index (κ2) is 10.5. The molecule has 1 aromatic carbocycles. The van der Waals surface area contributed by atoms with Crippen molar-refractivity contribution in [2.75, 3.05) is 0 Å². The molecular formula is C28H36BN6P. The summed E-state index contributed by atoms with van der Waals surface area (Å²) in [5.74, 6) is 2.01. The Bertz CT molecular complexity index is 1410. The van der Waals surface area contributed by atoms with Crippen molar-refractivity contribution in [2.45, 2.75) is 52.1 Å². The zero-order chi connectivity index (χ0) is 26.0. The van der Waals surface area contributed by atoms with Crippen molar-refractivity contribution < 1.29 is 0 Å². The Morgan fingerprint density at radius 3 is 2.53 bits per heavy atom. The number of benzene rings is 1. The maximum absolute atomic E-state index is 4.94. The van der Waals surface area contributed by atoms with E-state index in [-0.39, 0.29) is 5.06 Å². The van der Waals surface area contributed by atoms with Crippen LogP contribution in [-0.2, 0) is 18.6 Å². The normalized spacial score (nSPS) is 13.9. The average molecular weight is 498 g/mol. The molecule has 0 bridgehead atoms. The van der Waals surface area contributed by atoms with Crippen LogP contribution >= 0.6 is 9.24 Å². The SMILES string of the molecule is BC(C)(P)c1cn(C)c(-c2ccc(Cn3ncc4cnc(/C(=C/CCC)C(=C)C(C)C)nc43)cc2)n1. The number of nitrogens with zero attached hydrogens (tertiary/aromatic N) is 6. The van der Waals surface area contributed by atoms with Crippen LogP contribution in [-0.4, -0.2) is 37.1 Å². The molecule has 8 heteroatoms. The Balaban J connectivity index is 1.62. The van der Waals surface area contributed by atoms with Gasteiger partial charge in [0.1, 0.15) is 13.7 Å². The number of aromatic nitrogens is 6. The van der Waals surface area contributed by atoms with Gasteiger partial charge >= 0.3 is 0 Å². The van der Waals surface area contributed by atoms with Crippen molar-refractivity contribution in [3.8, 4) is 11.4 Å². The highest BCUT2D eigenvalue weighted by Crippen LogP contribution is 2.29. The van der Waals surface area contributed by atoms with Crippen LogP contribution in [0.4, 0.5) is 0 Å². The van der Waals surface area contributed by atoms with E-state index in [9.17, 15) is 0 Å². The molecular weight excluding hydrogens is 462 g/mol. The fourth-order valence-corrected chi connectivity index (χ4v) is 4.19. The minimum Gasteiger partial charge on any atom is -0.334 e. The lowest BCUT2D eigenvalue weighted by Gasteiger charge is -2.14. The zero-order valence-corrected chi connectivity index (χ0v) is 23.4. The van der Waals surface area contributed by atoms with E-state index >= 15 is 0 Å². The molecule has 0 amide bonds. The largest absolute Gasteiger partial charge is 0.334 e. The Labute approximate surface area is 217 Å². The van der Waals surface area contributed by atoms with Gasteiger partial charge in [0, 0.05) is 30.6 Å². The molecule has 0 fully saturated rings. The molecule has 2 atom stereocenters. The molecule has 186 valence electrons. The summed E-state index contributed by atoms with van der Waals surface area (Å²) in [7, 11) is 7.06. The van der Waals surface area contributed by atoms with Gasteiger partial charge in [-0.2, -0.15) is 5.10 Å². The summed E-state index contributed by atoms with van der Waals surface area (Å²) < 4.78 is 4.03. The standard InChI is InChI=1S/C28H36BN6P/c1-7-8-9-23(19(4)18(2)3)25-30-14-22-15-31-35(27(22)33-25)16-20-10-12-21(13-11-20)26-32-24(17-34(26)6)28(5,29)36/h9-15,17-18H,4,7-8,16,29,36H2,1-3,5-6H3/b23-9+. The lowest BCUT2D eigenvalue weighted by Crippen LogP contribution is -2.12. The van der Waals surface area contributed by atoms with Crippen LogP contribution in [0.5, 0.6) is 0 Å². The molecule has 3 heterocycles. The third kappa shape index (κ3) is 5.52. The molecule has 4 rings (SSSR count). The number of rotatable bonds is 9. The van der Waals surface area contributed by atoms with Crippen LogP contribution in [0.25, 0.3) is 28.0 Å². The highest BCUT2D eigenvalue weighted by Gasteiger charge is 2.20. The van der Waals surface area contributed by atoms with Gasteiger partial charge in [-0.05, 0) is 28.5 Å². The molecule has 0 saturated carbocycles. The molecule has 0 aliphatic carbocycles. The van der Waals surface area contributed by atoms with Gasteiger partial charge in [-0.1, -0.05) is 71.0 Å². The van der Waals surface area contributed by atoms with Crippen LogP contribution in [0.15, 0.2) is 61.1 Å². The number of unbranched alkanes of at least 4 members (excludes halogenated alkanes) is 1. The summed E-state index contributed by atoms with van der Waals surface area (Å²) in [6.07, 6.45) is 10.1. The maximum Gasteiger partial charge on any atom is 0.162 e. The highest BCUT2D eigenvalue weighted by molar-refractivity contribution is 7.21. The quantitative estimate of drug-likeness (QED) is 0.177. The van der Waals surface area contributed by atoms with E-state index in [2.05, 4.69) is 103 Å². The second-order valence-electron chi connectivity index (χ2n) is 10.3. The van der Waals surface area contributed by atoms with Gasteiger partial charge in [-0.25, -0.2) is 19.6 Å². The predicted octanol–water partition coefficient (Wildman–Crippen LogP) is 5.35. The van der Waals surface area contributed by atoms with Crippen LogP contribution in [0.1, 0.15) is 57.6 Å². The maximum atomic E-state index is 4.94. The number of allylic oxidation sites excluding steroid dienone is 3. The molecule has 0 spiro atoms. The van der Waals surface area contributed by atoms with E-state index in [0.29, 0.717) is 18.3 Å². The van der Waals surface area contributed by atoms with Gasteiger partial charge in [-0.15, -0.1) is 9.24 Å². The first-order chi connectivity index (χ1) is 17.1. The Hall–Kier alpha value is -3.05. The molecule has 3 aromatic heterocycles.